The summed E-state index contributed by atoms with van der Waals surface area (Å²) >= 11 is 3.50. The van der Waals surface area contributed by atoms with Gasteiger partial charge in [0.05, 0.1) is 11.4 Å². The van der Waals surface area contributed by atoms with Crippen LogP contribution in [-0.2, 0) is 12.0 Å². The monoisotopic (exact) mass is 407 g/mol. The normalized spacial score (nSPS) is 17.4. The molecule has 132 valence electrons. The first-order valence-electron chi connectivity index (χ1n) is 9.30. The summed E-state index contributed by atoms with van der Waals surface area (Å²) in [5, 5.41) is 4.75. The third kappa shape index (κ3) is 2.50. The number of nitrogens with zero attached hydrogens (tertiary/aromatic N) is 3. The summed E-state index contributed by atoms with van der Waals surface area (Å²) in [6.07, 6.45) is 6.21. The smallest absolute Gasteiger partial charge is 0.0648 e. The predicted octanol–water partition coefficient (Wildman–Crippen LogP) is 5.39. The Balaban J connectivity index is 1.45. The summed E-state index contributed by atoms with van der Waals surface area (Å²) in [5.74, 6) is 0. The van der Waals surface area contributed by atoms with Crippen molar-refractivity contribution in [1.82, 2.24) is 9.78 Å². The number of aromatic nitrogens is 2. The summed E-state index contributed by atoms with van der Waals surface area (Å²) in [5.41, 5.74) is 6.90. The fourth-order valence-electron chi connectivity index (χ4n) is 4.49. The maximum absolute atomic E-state index is 4.75. The highest BCUT2D eigenvalue weighted by atomic mass is 79.9. The molecule has 0 atom stereocenters. The molecule has 0 N–H and O–H groups in total. The minimum absolute atomic E-state index is 0.409. The van der Waals surface area contributed by atoms with E-state index in [-0.39, 0.29) is 0 Å². The molecule has 0 saturated heterocycles. The molecule has 0 bridgehead atoms. The molecule has 3 nitrogen and oxygen atoms in total. The highest BCUT2D eigenvalue weighted by Gasteiger charge is 2.46. The molecular weight excluding hydrogens is 386 g/mol. The van der Waals surface area contributed by atoms with E-state index in [1.807, 2.05) is 4.68 Å². The van der Waals surface area contributed by atoms with Crippen molar-refractivity contribution >= 4 is 21.6 Å². The molecule has 0 unspecified atom stereocenters. The number of halogens is 1. The Kier molecular flexibility index (Phi) is 3.71. The second-order valence-electron chi connectivity index (χ2n) is 7.67. The van der Waals surface area contributed by atoms with Gasteiger partial charge < -0.3 is 4.90 Å². The molecule has 3 aromatic rings. The second-order valence-corrected chi connectivity index (χ2v) is 8.58. The summed E-state index contributed by atoms with van der Waals surface area (Å²) < 4.78 is 3.09. The van der Waals surface area contributed by atoms with Crippen molar-refractivity contribution in [2.75, 3.05) is 11.4 Å². The van der Waals surface area contributed by atoms with Gasteiger partial charge in [0.1, 0.15) is 0 Å². The Labute approximate surface area is 162 Å². The second kappa shape index (κ2) is 5.98. The average Bonchev–Trinajstić information content (AvgIpc) is 3.15. The quantitative estimate of drug-likeness (QED) is 0.580. The molecule has 2 aromatic carbocycles. The average molecular weight is 408 g/mol. The highest BCUT2D eigenvalue weighted by molar-refractivity contribution is 9.10. The van der Waals surface area contributed by atoms with Crippen LogP contribution in [0.3, 0.4) is 0 Å². The fourth-order valence-corrected chi connectivity index (χ4v) is 4.75. The summed E-state index contributed by atoms with van der Waals surface area (Å²) in [4.78, 5) is 2.56. The lowest BCUT2D eigenvalue weighted by molar-refractivity contribution is 0.263. The van der Waals surface area contributed by atoms with E-state index in [0.29, 0.717) is 5.41 Å². The molecule has 4 heteroatoms. The van der Waals surface area contributed by atoms with Crippen LogP contribution in [-0.4, -0.2) is 16.3 Å². The van der Waals surface area contributed by atoms with Gasteiger partial charge in [0.25, 0.3) is 0 Å². The maximum Gasteiger partial charge on any atom is 0.0648 e. The van der Waals surface area contributed by atoms with Gasteiger partial charge in [-0.3, -0.25) is 0 Å². The number of aryl methyl sites for hydroxylation is 1. The van der Waals surface area contributed by atoms with Crippen molar-refractivity contribution in [3.05, 3.63) is 76.0 Å². The Morgan fingerprint density at radius 1 is 1.08 bits per heavy atom. The summed E-state index contributed by atoms with van der Waals surface area (Å²) in [6.45, 7) is 4.20. The van der Waals surface area contributed by atoms with E-state index in [1.54, 1.807) is 5.56 Å². The van der Waals surface area contributed by atoms with Crippen molar-refractivity contribution in [2.45, 2.75) is 38.1 Å². The van der Waals surface area contributed by atoms with E-state index < -0.39 is 0 Å². The molecule has 1 aliphatic carbocycles. The molecule has 1 fully saturated rings. The van der Waals surface area contributed by atoms with Gasteiger partial charge in [-0.2, -0.15) is 5.10 Å². The zero-order valence-corrected chi connectivity index (χ0v) is 16.5. The van der Waals surface area contributed by atoms with Gasteiger partial charge >= 0.3 is 0 Å². The lowest BCUT2D eigenvalue weighted by Gasteiger charge is -2.39. The van der Waals surface area contributed by atoms with Gasteiger partial charge in [-0.05, 0) is 55.7 Å². The van der Waals surface area contributed by atoms with Crippen LogP contribution in [0.4, 0.5) is 5.69 Å². The van der Waals surface area contributed by atoms with Crippen LogP contribution < -0.4 is 4.90 Å². The number of fused-ring (bicyclic) bond motifs is 2. The van der Waals surface area contributed by atoms with Crippen LogP contribution in [0.15, 0.2) is 59.2 Å². The lowest BCUT2D eigenvalue weighted by Crippen LogP contribution is -2.39. The zero-order chi connectivity index (χ0) is 17.7. The van der Waals surface area contributed by atoms with Crippen molar-refractivity contribution in [2.24, 2.45) is 0 Å². The third-order valence-electron chi connectivity index (χ3n) is 6.07. The molecule has 2 heterocycles. The molecule has 1 spiro atoms. The number of anilines is 1. The number of para-hydroxylation sites is 1. The predicted molar refractivity (Wildman–Crippen MR) is 109 cm³/mol. The largest absolute Gasteiger partial charge is 0.366 e. The third-order valence-corrected chi connectivity index (χ3v) is 6.60. The SMILES string of the molecule is Cc1nn(-c2ccc(Br)cc2)cc1CN1CC2(CCC2)c2ccccc21. The van der Waals surface area contributed by atoms with E-state index in [1.165, 1.54) is 30.5 Å². The standard InChI is InChI=1S/C22H22BrN3/c1-16-17(14-26(24-16)19-9-7-18(23)8-10-19)13-25-15-22(11-4-12-22)20-5-2-3-6-21(20)25/h2-3,5-10,14H,4,11-13,15H2,1H3. The van der Waals surface area contributed by atoms with E-state index in [2.05, 4.69) is 82.5 Å². The van der Waals surface area contributed by atoms with Crippen LogP contribution in [0.2, 0.25) is 0 Å². The summed E-state index contributed by atoms with van der Waals surface area (Å²) in [7, 11) is 0. The van der Waals surface area contributed by atoms with Gasteiger partial charge in [0.2, 0.25) is 0 Å². The molecule has 0 radical (unpaired) electrons. The van der Waals surface area contributed by atoms with Crippen molar-refractivity contribution < 1.29 is 0 Å². The Morgan fingerprint density at radius 3 is 2.58 bits per heavy atom. The minimum atomic E-state index is 0.409. The van der Waals surface area contributed by atoms with Crippen molar-refractivity contribution in [3.8, 4) is 5.69 Å². The Hall–Kier alpha value is -2.07. The molecule has 5 rings (SSSR count). The number of hydrogen-bond acceptors (Lipinski definition) is 2. The molecule has 2 aliphatic rings. The zero-order valence-electron chi connectivity index (χ0n) is 15.0. The molecule has 1 aliphatic heterocycles. The first-order chi connectivity index (χ1) is 12.6. The fraction of sp³-hybridized carbons (Fsp3) is 0.318. The molecule has 1 aromatic heterocycles. The Morgan fingerprint density at radius 2 is 1.85 bits per heavy atom. The van der Waals surface area contributed by atoms with Crippen LogP contribution in [0, 0.1) is 6.92 Å². The van der Waals surface area contributed by atoms with E-state index in [0.717, 1.165) is 28.9 Å². The van der Waals surface area contributed by atoms with Crippen molar-refractivity contribution in [3.63, 3.8) is 0 Å². The number of rotatable bonds is 3. The number of hydrogen-bond donors (Lipinski definition) is 0. The van der Waals surface area contributed by atoms with E-state index >= 15 is 0 Å². The number of benzene rings is 2. The van der Waals surface area contributed by atoms with Crippen LogP contribution >= 0.6 is 15.9 Å². The lowest BCUT2D eigenvalue weighted by atomic mass is 9.66. The highest BCUT2D eigenvalue weighted by Crippen LogP contribution is 2.52. The van der Waals surface area contributed by atoms with Gasteiger partial charge in [-0.1, -0.05) is 40.5 Å². The van der Waals surface area contributed by atoms with Gasteiger partial charge in [0, 0.05) is 40.4 Å². The van der Waals surface area contributed by atoms with Crippen LogP contribution in [0.1, 0.15) is 36.1 Å². The first-order valence-corrected chi connectivity index (χ1v) is 10.1. The minimum Gasteiger partial charge on any atom is -0.366 e. The van der Waals surface area contributed by atoms with Gasteiger partial charge in [0.15, 0.2) is 0 Å². The maximum atomic E-state index is 4.75. The molecular formula is C22H22BrN3. The van der Waals surface area contributed by atoms with Gasteiger partial charge in [-0.15, -0.1) is 0 Å². The molecule has 26 heavy (non-hydrogen) atoms. The molecule has 1 saturated carbocycles. The van der Waals surface area contributed by atoms with E-state index in [4.69, 9.17) is 5.10 Å². The van der Waals surface area contributed by atoms with Crippen molar-refractivity contribution in [1.29, 1.82) is 0 Å². The van der Waals surface area contributed by atoms with Crippen LogP contribution in [0.25, 0.3) is 5.69 Å². The van der Waals surface area contributed by atoms with E-state index in [9.17, 15) is 0 Å². The molecule has 0 amide bonds. The topological polar surface area (TPSA) is 21.1 Å². The Bertz CT molecular complexity index is 954. The first kappa shape index (κ1) is 16.1. The van der Waals surface area contributed by atoms with Crippen LogP contribution in [0.5, 0.6) is 0 Å². The summed E-state index contributed by atoms with van der Waals surface area (Å²) in [6, 6.07) is 17.3. The van der Waals surface area contributed by atoms with Gasteiger partial charge in [-0.25, -0.2) is 4.68 Å².